The summed E-state index contributed by atoms with van der Waals surface area (Å²) >= 11 is 0. The fraction of sp³-hybridized carbons (Fsp3) is 0.533. The molecule has 2 amide bonds. The van der Waals surface area contributed by atoms with Crippen molar-refractivity contribution in [2.45, 2.75) is 84.0 Å². The molecule has 0 saturated carbocycles. The molecule has 0 aliphatic carbocycles. The Morgan fingerprint density at radius 3 is 2.76 bits per heavy atom. The van der Waals surface area contributed by atoms with E-state index in [2.05, 4.69) is 10.5 Å². The van der Waals surface area contributed by atoms with E-state index >= 15 is 0 Å². The Kier molecular flexibility index (Phi) is 7.89. The van der Waals surface area contributed by atoms with Crippen molar-refractivity contribution < 1.29 is 27.9 Å². The van der Waals surface area contributed by atoms with Crippen LogP contribution in [0.3, 0.4) is 0 Å². The van der Waals surface area contributed by atoms with Crippen molar-refractivity contribution >= 4 is 17.5 Å². The standard InChI is InChI=1S/C30H36F2N4O5/c1-5-6-11-40-27-25-29(39)35-16-24(30(10-9-18(35)4)13-23(17(2)3)34-41-30)36(25)15-21(26(27)37)28(38)33-14-19-7-8-20(31)12-22(19)32/h7-8,12,15,17-18,24H,5-6,9-11,13-14,16H2,1-4H3,(H,33,38)/t18-,24+,30-/m0/s1. The first-order valence-corrected chi connectivity index (χ1v) is 14.3. The van der Waals surface area contributed by atoms with Gasteiger partial charge in [-0.15, -0.1) is 0 Å². The number of halogens is 2. The number of benzene rings is 1. The second kappa shape index (κ2) is 11.3. The smallest absolute Gasteiger partial charge is 0.274 e. The summed E-state index contributed by atoms with van der Waals surface area (Å²) in [6.07, 6.45) is 4.73. The quantitative estimate of drug-likeness (QED) is 0.468. The number of nitrogens with zero attached hydrogens (tertiary/aromatic N) is 3. The minimum Gasteiger partial charge on any atom is -0.487 e. The molecule has 1 saturated heterocycles. The van der Waals surface area contributed by atoms with Gasteiger partial charge in [-0.1, -0.05) is 38.4 Å². The van der Waals surface area contributed by atoms with Crippen LogP contribution in [-0.2, 0) is 11.4 Å². The average molecular weight is 571 g/mol. The van der Waals surface area contributed by atoms with Gasteiger partial charge in [-0.05, 0) is 38.2 Å². The number of rotatable bonds is 8. The zero-order valence-corrected chi connectivity index (χ0v) is 23.8. The second-order valence-corrected chi connectivity index (χ2v) is 11.5. The van der Waals surface area contributed by atoms with E-state index in [4.69, 9.17) is 9.57 Å². The summed E-state index contributed by atoms with van der Waals surface area (Å²) in [6.45, 7) is 8.32. The van der Waals surface area contributed by atoms with E-state index in [0.717, 1.165) is 24.3 Å². The van der Waals surface area contributed by atoms with Gasteiger partial charge in [0.15, 0.2) is 17.0 Å². The number of fused-ring (bicyclic) bond motifs is 5. The summed E-state index contributed by atoms with van der Waals surface area (Å²) in [7, 11) is 0. The van der Waals surface area contributed by atoms with Crippen molar-refractivity contribution in [2.24, 2.45) is 11.1 Å². The van der Waals surface area contributed by atoms with Gasteiger partial charge in [0.05, 0.1) is 18.4 Å². The molecule has 1 N–H and O–H groups in total. The predicted molar refractivity (Wildman–Crippen MR) is 148 cm³/mol. The first kappa shape index (κ1) is 28.8. The van der Waals surface area contributed by atoms with Crippen LogP contribution in [0.4, 0.5) is 8.78 Å². The maximum atomic E-state index is 14.2. The summed E-state index contributed by atoms with van der Waals surface area (Å²) in [5.74, 6) is -2.64. The number of oxime groups is 1. The van der Waals surface area contributed by atoms with Crippen LogP contribution in [0, 0.1) is 17.6 Å². The maximum Gasteiger partial charge on any atom is 0.274 e. The van der Waals surface area contributed by atoms with Gasteiger partial charge in [-0.25, -0.2) is 8.78 Å². The molecule has 0 radical (unpaired) electrons. The summed E-state index contributed by atoms with van der Waals surface area (Å²) in [5, 5.41) is 6.99. The SMILES string of the molecule is CCCCOc1c2n(cc(C(=O)NCc3ccc(F)cc3F)c1=O)[C@@H]1CN(C2=O)[C@@H](C)CC[C@]12CC(C(C)C)=NO2. The number of carbonyl (C=O) groups is 2. The molecule has 1 aromatic carbocycles. The molecule has 0 unspecified atom stereocenters. The number of aromatic nitrogens is 1. The molecule has 4 heterocycles. The maximum absolute atomic E-state index is 14.2. The van der Waals surface area contributed by atoms with Crippen LogP contribution in [0.2, 0.25) is 0 Å². The van der Waals surface area contributed by atoms with Crippen molar-refractivity contribution in [1.29, 1.82) is 0 Å². The fourth-order valence-electron chi connectivity index (χ4n) is 5.82. The molecule has 2 aromatic rings. The minimum absolute atomic E-state index is 0.0671. The fourth-order valence-corrected chi connectivity index (χ4v) is 5.82. The number of pyridine rings is 1. The Morgan fingerprint density at radius 1 is 1.29 bits per heavy atom. The van der Waals surface area contributed by atoms with E-state index in [0.29, 0.717) is 32.2 Å². The zero-order chi connectivity index (χ0) is 29.5. The van der Waals surface area contributed by atoms with E-state index in [-0.39, 0.29) is 53.6 Å². The van der Waals surface area contributed by atoms with Gasteiger partial charge >= 0.3 is 0 Å². The molecule has 3 atom stereocenters. The van der Waals surface area contributed by atoms with Crippen LogP contribution in [0.15, 0.2) is 34.3 Å². The number of carbonyl (C=O) groups excluding carboxylic acids is 2. The van der Waals surface area contributed by atoms with E-state index in [1.165, 1.54) is 12.3 Å². The average Bonchev–Trinajstić information content (AvgIpc) is 3.33. The van der Waals surface area contributed by atoms with Crippen molar-refractivity contribution in [2.75, 3.05) is 13.2 Å². The van der Waals surface area contributed by atoms with Crippen LogP contribution in [0.5, 0.6) is 5.75 Å². The molecule has 1 spiro atoms. The van der Waals surface area contributed by atoms with Gasteiger partial charge in [-0.3, -0.25) is 14.4 Å². The predicted octanol–water partition coefficient (Wildman–Crippen LogP) is 4.59. The highest BCUT2D eigenvalue weighted by Crippen LogP contribution is 2.47. The van der Waals surface area contributed by atoms with Crippen molar-refractivity contribution in [3.63, 3.8) is 0 Å². The Hall–Kier alpha value is -3.76. The molecule has 11 heteroatoms. The Bertz CT molecular complexity index is 1460. The largest absolute Gasteiger partial charge is 0.487 e. The van der Waals surface area contributed by atoms with E-state index in [1.807, 2.05) is 27.7 Å². The van der Waals surface area contributed by atoms with Crippen LogP contribution in [-0.4, -0.2) is 51.8 Å². The lowest BCUT2D eigenvalue weighted by atomic mass is 9.82. The Balaban J connectivity index is 1.59. The van der Waals surface area contributed by atoms with E-state index < -0.39 is 34.6 Å². The third-order valence-electron chi connectivity index (χ3n) is 8.42. The summed E-state index contributed by atoms with van der Waals surface area (Å²) < 4.78 is 35.2. The van der Waals surface area contributed by atoms with Gasteiger partial charge in [0.2, 0.25) is 5.43 Å². The molecule has 9 nitrogen and oxygen atoms in total. The van der Waals surface area contributed by atoms with Crippen LogP contribution in [0.25, 0.3) is 0 Å². The molecule has 3 aliphatic rings. The first-order valence-electron chi connectivity index (χ1n) is 14.3. The molecular weight excluding hydrogens is 534 g/mol. The monoisotopic (exact) mass is 570 g/mol. The Morgan fingerprint density at radius 2 is 2.07 bits per heavy atom. The number of amides is 2. The summed E-state index contributed by atoms with van der Waals surface area (Å²) in [6, 6.07) is 2.52. The van der Waals surface area contributed by atoms with E-state index in [1.54, 1.807) is 9.47 Å². The van der Waals surface area contributed by atoms with Crippen molar-refractivity contribution in [3.8, 4) is 5.75 Å². The van der Waals surface area contributed by atoms with Gasteiger partial charge in [-0.2, -0.15) is 0 Å². The van der Waals surface area contributed by atoms with Gasteiger partial charge < -0.3 is 24.4 Å². The normalized spacial score (nSPS) is 23.2. The number of unbranched alkanes of at least 4 members (excludes halogenated alkanes) is 1. The number of ether oxygens (including phenoxy) is 1. The minimum atomic E-state index is -0.810. The van der Waals surface area contributed by atoms with E-state index in [9.17, 15) is 23.2 Å². The third-order valence-corrected chi connectivity index (χ3v) is 8.42. The highest BCUT2D eigenvalue weighted by molar-refractivity contribution is 5.99. The molecule has 1 fully saturated rings. The van der Waals surface area contributed by atoms with Crippen molar-refractivity contribution in [3.05, 3.63) is 63.1 Å². The van der Waals surface area contributed by atoms with Gasteiger partial charge in [0, 0.05) is 43.4 Å². The highest BCUT2D eigenvalue weighted by atomic mass is 19.1. The van der Waals surface area contributed by atoms with Crippen molar-refractivity contribution in [1.82, 2.24) is 14.8 Å². The van der Waals surface area contributed by atoms with Crippen LogP contribution < -0.4 is 15.5 Å². The topological polar surface area (TPSA) is 102 Å². The first-order chi connectivity index (χ1) is 19.6. The van der Waals surface area contributed by atoms with Crippen LogP contribution >= 0.6 is 0 Å². The lowest BCUT2D eigenvalue weighted by molar-refractivity contribution is -0.0656. The summed E-state index contributed by atoms with van der Waals surface area (Å²) in [5.41, 5.74) is -0.635. The zero-order valence-electron chi connectivity index (χ0n) is 23.8. The molecular formula is C30H36F2N4O5. The molecule has 41 heavy (non-hydrogen) atoms. The second-order valence-electron chi connectivity index (χ2n) is 11.5. The number of nitrogens with one attached hydrogen (secondary N) is 1. The lowest BCUT2D eigenvalue weighted by Crippen LogP contribution is -2.52. The third kappa shape index (κ3) is 5.22. The molecule has 220 valence electrons. The Labute approximate surface area is 237 Å². The van der Waals surface area contributed by atoms with Crippen LogP contribution in [0.1, 0.15) is 92.3 Å². The number of hydrogen-bond donors (Lipinski definition) is 1. The summed E-state index contributed by atoms with van der Waals surface area (Å²) in [4.78, 5) is 49.0. The van der Waals surface area contributed by atoms with Gasteiger partial charge in [0.25, 0.3) is 11.8 Å². The number of hydrogen-bond acceptors (Lipinski definition) is 6. The molecule has 1 aromatic heterocycles. The molecule has 3 aliphatic heterocycles. The molecule has 5 rings (SSSR count). The highest BCUT2D eigenvalue weighted by Gasteiger charge is 2.54. The van der Waals surface area contributed by atoms with Gasteiger partial charge in [0.1, 0.15) is 17.2 Å². The lowest BCUT2D eigenvalue weighted by Gasteiger charge is -2.42. The molecule has 2 bridgehead atoms.